The number of aromatic amines is 1. The summed E-state index contributed by atoms with van der Waals surface area (Å²) in [6, 6.07) is 4.10. The van der Waals surface area contributed by atoms with Gasteiger partial charge in [-0.1, -0.05) is 0 Å². The highest BCUT2D eigenvalue weighted by Gasteiger charge is 2.51. The zero-order chi connectivity index (χ0) is 19.4. The second-order valence-corrected chi connectivity index (χ2v) is 9.70. The minimum Gasteiger partial charge on any atom is -0.346 e. The van der Waals surface area contributed by atoms with Crippen LogP contribution in [-0.2, 0) is 15.6 Å². The molecular formula is C18H19N7O2S. The quantitative estimate of drug-likeness (QED) is 0.673. The molecule has 4 heterocycles. The van der Waals surface area contributed by atoms with Gasteiger partial charge in [-0.05, 0) is 24.8 Å². The molecule has 0 unspecified atom stereocenters. The molecule has 1 saturated heterocycles. The monoisotopic (exact) mass is 397 g/mol. The third-order valence-corrected chi connectivity index (χ3v) is 7.52. The van der Waals surface area contributed by atoms with Crippen LogP contribution < -0.4 is 0 Å². The average molecular weight is 397 g/mol. The standard InChI is InChI=1S/C18H19N7O2S/c19-5-4-18(10-24(11-18)28(26,27)9-13-1-2-13)25-8-14(7-23-25)16-15-3-6-20-17(15)22-12-21-16/h3,6-8,12-13H,1-2,4,9-11H2,(H,20,21,22). The second kappa shape index (κ2) is 6.12. The average Bonchev–Trinajstić information content (AvgIpc) is 3.11. The predicted molar refractivity (Wildman–Crippen MR) is 101 cm³/mol. The summed E-state index contributed by atoms with van der Waals surface area (Å²) in [5.74, 6) is 0.514. The van der Waals surface area contributed by atoms with Crippen molar-refractivity contribution in [1.29, 1.82) is 5.26 Å². The molecule has 0 radical (unpaired) electrons. The van der Waals surface area contributed by atoms with Gasteiger partial charge in [0.2, 0.25) is 10.0 Å². The Hall–Kier alpha value is -2.77. The number of nitrogens with one attached hydrogen (secondary N) is 1. The van der Waals surface area contributed by atoms with Gasteiger partial charge < -0.3 is 4.98 Å². The molecule has 1 N–H and O–H groups in total. The van der Waals surface area contributed by atoms with Gasteiger partial charge >= 0.3 is 0 Å². The molecule has 5 rings (SSSR count). The van der Waals surface area contributed by atoms with Gasteiger partial charge in [0, 0.05) is 36.4 Å². The maximum atomic E-state index is 12.5. The molecule has 2 fully saturated rings. The molecule has 1 aliphatic heterocycles. The molecule has 1 aliphatic carbocycles. The van der Waals surface area contributed by atoms with Crippen molar-refractivity contribution in [2.24, 2.45) is 5.92 Å². The first kappa shape index (κ1) is 17.3. The van der Waals surface area contributed by atoms with Crippen molar-refractivity contribution < 1.29 is 8.42 Å². The van der Waals surface area contributed by atoms with Gasteiger partial charge in [0.1, 0.15) is 17.5 Å². The number of rotatable bonds is 6. The van der Waals surface area contributed by atoms with Crippen molar-refractivity contribution in [3.63, 3.8) is 0 Å². The van der Waals surface area contributed by atoms with Crippen LogP contribution in [-0.4, -0.2) is 56.3 Å². The van der Waals surface area contributed by atoms with Crippen LogP contribution in [0.25, 0.3) is 22.3 Å². The SMILES string of the molecule is N#CCC1(n2cc(-c3ncnc4[nH]ccc34)cn2)CN(S(=O)(=O)CC2CC2)C1. The third-order valence-electron chi connectivity index (χ3n) is 5.58. The fraction of sp³-hybridized carbons (Fsp3) is 0.444. The first-order chi connectivity index (χ1) is 13.5. The molecule has 3 aromatic heterocycles. The summed E-state index contributed by atoms with van der Waals surface area (Å²) in [4.78, 5) is 11.6. The Morgan fingerprint density at radius 3 is 2.89 bits per heavy atom. The maximum Gasteiger partial charge on any atom is 0.214 e. The lowest BCUT2D eigenvalue weighted by atomic mass is 9.89. The highest BCUT2D eigenvalue weighted by molar-refractivity contribution is 7.89. The van der Waals surface area contributed by atoms with E-state index in [0.29, 0.717) is 5.92 Å². The van der Waals surface area contributed by atoms with Gasteiger partial charge in [-0.2, -0.15) is 14.7 Å². The number of nitriles is 1. The largest absolute Gasteiger partial charge is 0.346 e. The van der Waals surface area contributed by atoms with Crippen molar-refractivity contribution >= 4 is 21.1 Å². The van der Waals surface area contributed by atoms with Crippen molar-refractivity contribution in [3.05, 3.63) is 31.0 Å². The molecule has 0 spiro atoms. The maximum absolute atomic E-state index is 12.5. The van der Waals surface area contributed by atoms with E-state index in [9.17, 15) is 13.7 Å². The number of nitrogens with zero attached hydrogens (tertiary/aromatic N) is 6. The molecule has 28 heavy (non-hydrogen) atoms. The molecular weight excluding hydrogens is 378 g/mol. The van der Waals surface area contributed by atoms with Gasteiger partial charge in [-0.15, -0.1) is 0 Å². The van der Waals surface area contributed by atoms with Crippen LogP contribution in [0.3, 0.4) is 0 Å². The van der Waals surface area contributed by atoms with Crippen LogP contribution >= 0.6 is 0 Å². The summed E-state index contributed by atoms with van der Waals surface area (Å²) in [6.07, 6.45) is 9.03. The lowest BCUT2D eigenvalue weighted by Gasteiger charge is -2.47. The number of hydrogen-bond donors (Lipinski definition) is 1. The molecule has 2 aliphatic rings. The summed E-state index contributed by atoms with van der Waals surface area (Å²) in [7, 11) is -3.27. The zero-order valence-electron chi connectivity index (χ0n) is 15.1. The number of sulfonamides is 1. The highest BCUT2D eigenvalue weighted by atomic mass is 32.2. The molecule has 1 saturated carbocycles. The Kier molecular flexibility index (Phi) is 3.79. The van der Waals surface area contributed by atoms with Gasteiger partial charge in [0.05, 0.1) is 30.1 Å². The molecule has 144 valence electrons. The van der Waals surface area contributed by atoms with Crippen LogP contribution in [0.15, 0.2) is 31.0 Å². The van der Waals surface area contributed by atoms with Crippen molar-refractivity contribution in [1.82, 2.24) is 29.0 Å². The van der Waals surface area contributed by atoms with E-state index in [2.05, 4.69) is 26.1 Å². The van der Waals surface area contributed by atoms with E-state index in [1.165, 1.54) is 10.6 Å². The first-order valence-electron chi connectivity index (χ1n) is 9.19. The van der Waals surface area contributed by atoms with E-state index >= 15 is 0 Å². The fourth-order valence-corrected chi connectivity index (χ4v) is 5.80. The number of aromatic nitrogens is 5. The van der Waals surface area contributed by atoms with E-state index in [-0.39, 0.29) is 25.3 Å². The Balaban J connectivity index is 1.43. The Labute approximate surface area is 162 Å². The highest BCUT2D eigenvalue weighted by Crippen LogP contribution is 2.38. The van der Waals surface area contributed by atoms with Gasteiger partial charge in [0.25, 0.3) is 0 Å². The lowest BCUT2D eigenvalue weighted by Crippen LogP contribution is -2.64. The fourth-order valence-electron chi connectivity index (χ4n) is 3.79. The van der Waals surface area contributed by atoms with Crippen LogP contribution in [0.1, 0.15) is 19.3 Å². The molecule has 3 aromatic rings. The first-order valence-corrected chi connectivity index (χ1v) is 10.8. The normalized spacial score (nSPS) is 19.4. The molecule has 9 nitrogen and oxygen atoms in total. The van der Waals surface area contributed by atoms with Gasteiger partial charge in [-0.25, -0.2) is 18.4 Å². The van der Waals surface area contributed by atoms with E-state index < -0.39 is 15.6 Å². The Morgan fingerprint density at radius 2 is 2.14 bits per heavy atom. The number of fused-ring (bicyclic) bond motifs is 1. The van der Waals surface area contributed by atoms with Gasteiger partial charge in [0.15, 0.2) is 0 Å². The summed E-state index contributed by atoms with van der Waals surface area (Å²) in [6.45, 7) is 0.556. The second-order valence-electron chi connectivity index (χ2n) is 7.69. The molecule has 0 bridgehead atoms. The van der Waals surface area contributed by atoms with Crippen molar-refractivity contribution in [2.75, 3.05) is 18.8 Å². The minimum absolute atomic E-state index is 0.201. The molecule has 0 aromatic carbocycles. The topological polar surface area (TPSA) is 121 Å². The van der Waals surface area contributed by atoms with E-state index in [1.807, 2.05) is 12.3 Å². The lowest BCUT2D eigenvalue weighted by molar-refractivity contribution is 0.0716. The summed E-state index contributed by atoms with van der Waals surface area (Å²) in [5, 5.41) is 14.7. The molecule has 0 atom stereocenters. The zero-order valence-corrected chi connectivity index (χ0v) is 15.9. The third kappa shape index (κ3) is 2.78. The minimum atomic E-state index is -3.27. The summed E-state index contributed by atoms with van der Waals surface area (Å²) in [5.41, 5.74) is 1.67. The van der Waals surface area contributed by atoms with Gasteiger partial charge in [-0.3, -0.25) is 4.68 Å². The number of hydrogen-bond acceptors (Lipinski definition) is 6. The van der Waals surface area contributed by atoms with Crippen LogP contribution in [0, 0.1) is 17.2 Å². The Morgan fingerprint density at radius 1 is 1.32 bits per heavy atom. The van der Waals surface area contributed by atoms with Crippen LogP contribution in [0.5, 0.6) is 0 Å². The summed E-state index contributed by atoms with van der Waals surface area (Å²) < 4.78 is 28.3. The van der Waals surface area contributed by atoms with E-state index in [0.717, 1.165) is 35.1 Å². The number of H-pyrrole nitrogens is 1. The Bertz CT molecular complexity index is 1180. The van der Waals surface area contributed by atoms with E-state index in [4.69, 9.17) is 0 Å². The smallest absolute Gasteiger partial charge is 0.214 e. The molecule has 10 heteroatoms. The predicted octanol–water partition coefficient (Wildman–Crippen LogP) is 1.49. The van der Waals surface area contributed by atoms with Crippen molar-refractivity contribution in [2.45, 2.75) is 24.8 Å². The summed E-state index contributed by atoms with van der Waals surface area (Å²) >= 11 is 0. The van der Waals surface area contributed by atoms with Crippen molar-refractivity contribution in [3.8, 4) is 17.3 Å². The van der Waals surface area contributed by atoms with Crippen LogP contribution in [0.4, 0.5) is 0 Å². The van der Waals surface area contributed by atoms with Crippen LogP contribution in [0.2, 0.25) is 0 Å². The van der Waals surface area contributed by atoms with E-state index in [1.54, 1.807) is 17.1 Å². The molecule has 0 amide bonds.